The Morgan fingerprint density at radius 3 is 2.87 bits per heavy atom. The van der Waals surface area contributed by atoms with Gasteiger partial charge in [-0.25, -0.2) is 4.98 Å². The van der Waals surface area contributed by atoms with Crippen LogP contribution in [0.2, 0.25) is 0 Å². The van der Waals surface area contributed by atoms with Gasteiger partial charge in [0.1, 0.15) is 18.3 Å². The molecule has 2 heterocycles. The van der Waals surface area contributed by atoms with Crippen LogP contribution < -0.4 is 10.9 Å². The zero-order valence-corrected chi connectivity index (χ0v) is 12.2. The summed E-state index contributed by atoms with van der Waals surface area (Å²) in [6.45, 7) is -0.488. The molecule has 1 amide bonds. The van der Waals surface area contributed by atoms with Gasteiger partial charge in [0.25, 0.3) is 5.56 Å². The van der Waals surface area contributed by atoms with Crippen LogP contribution in [0.5, 0.6) is 0 Å². The summed E-state index contributed by atoms with van der Waals surface area (Å²) in [6.07, 6.45) is 2.80. The van der Waals surface area contributed by atoms with Gasteiger partial charge in [0.05, 0.1) is 30.1 Å². The summed E-state index contributed by atoms with van der Waals surface area (Å²) in [5.41, 5.74) is 0.294. The lowest BCUT2D eigenvalue weighted by atomic mass is 10.2. The standard InChI is InChI=1S/C16H15N3O4/c20-9-13(14-6-3-7-23-14)18-15(21)8-19-10-17-12-5-2-1-4-11(12)16(19)22/h1-7,10,13,20H,8-9H2,(H,18,21). The van der Waals surface area contributed by atoms with E-state index in [0.29, 0.717) is 16.7 Å². The number of rotatable bonds is 5. The maximum Gasteiger partial charge on any atom is 0.261 e. The molecule has 0 bridgehead atoms. The van der Waals surface area contributed by atoms with Gasteiger partial charge in [-0.05, 0) is 24.3 Å². The molecule has 0 radical (unpaired) electrons. The number of furan rings is 1. The third kappa shape index (κ3) is 3.14. The van der Waals surface area contributed by atoms with Gasteiger partial charge in [-0.2, -0.15) is 0 Å². The predicted octanol–water partition coefficient (Wildman–Crippen LogP) is 0.839. The Balaban J connectivity index is 1.78. The summed E-state index contributed by atoms with van der Waals surface area (Å²) >= 11 is 0. The molecule has 118 valence electrons. The third-order valence-corrected chi connectivity index (χ3v) is 3.45. The molecule has 0 aliphatic rings. The lowest BCUT2D eigenvalue weighted by Gasteiger charge is -2.14. The fourth-order valence-electron chi connectivity index (χ4n) is 2.31. The Labute approximate surface area is 131 Å². The number of amides is 1. The van der Waals surface area contributed by atoms with Crippen molar-refractivity contribution in [2.75, 3.05) is 6.61 Å². The van der Waals surface area contributed by atoms with Gasteiger partial charge in [0, 0.05) is 0 Å². The van der Waals surface area contributed by atoms with E-state index in [-0.39, 0.29) is 18.7 Å². The number of nitrogens with one attached hydrogen (secondary N) is 1. The van der Waals surface area contributed by atoms with Gasteiger partial charge in [0.15, 0.2) is 0 Å². The molecular weight excluding hydrogens is 298 g/mol. The van der Waals surface area contributed by atoms with Gasteiger partial charge in [-0.1, -0.05) is 12.1 Å². The SMILES string of the molecule is O=C(Cn1cnc2ccccc2c1=O)NC(CO)c1ccco1. The van der Waals surface area contributed by atoms with Crippen LogP contribution in [0.15, 0.2) is 58.2 Å². The van der Waals surface area contributed by atoms with Crippen molar-refractivity contribution in [1.29, 1.82) is 0 Å². The van der Waals surface area contributed by atoms with Crippen molar-refractivity contribution >= 4 is 16.8 Å². The summed E-state index contributed by atoms with van der Waals surface area (Å²) in [5.74, 6) is 0.0319. The highest BCUT2D eigenvalue weighted by Gasteiger charge is 2.17. The largest absolute Gasteiger partial charge is 0.467 e. The maximum atomic E-state index is 12.3. The van der Waals surface area contributed by atoms with E-state index >= 15 is 0 Å². The molecule has 7 nitrogen and oxygen atoms in total. The number of carbonyl (C=O) groups is 1. The smallest absolute Gasteiger partial charge is 0.261 e. The van der Waals surface area contributed by atoms with Crippen molar-refractivity contribution in [1.82, 2.24) is 14.9 Å². The van der Waals surface area contributed by atoms with Crippen molar-refractivity contribution in [2.24, 2.45) is 0 Å². The molecule has 2 N–H and O–H groups in total. The monoisotopic (exact) mass is 313 g/mol. The molecule has 0 saturated heterocycles. The number of aromatic nitrogens is 2. The normalized spacial score (nSPS) is 12.2. The van der Waals surface area contributed by atoms with Crippen LogP contribution in [0.3, 0.4) is 0 Å². The molecule has 1 aromatic carbocycles. The fraction of sp³-hybridized carbons (Fsp3) is 0.188. The Kier molecular flexibility index (Phi) is 4.20. The zero-order valence-electron chi connectivity index (χ0n) is 12.2. The van der Waals surface area contributed by atoms with Crippen LogP contribution in [0.25, 0.3) is 10.9 Å². The van der Waals surface area contributed by atoms with Gasteiger partial charge in [0.2, 0.25) is 5.91 Å². The first-order valence-corrected chi connectivity index (χ1v) is 7.07. The summed E-state index contributed by atoms with van der Waals surface area (Å²) in [6, 6.07) is 9.61. The fourth-order valence-corrected chi connectivity index (χ4v) is 2.31. The first-order chi connectivity index (χ1) is 11.2. The summed E-state index contributed by atoms with van der Waals surface area (Å²) < 4.78 is 6.39. The Morgan fingerprint density at radius 1 is 1.30 bits per heavy atom. The van der Waals surface area contributed by atoms with Crippen LogP contribution in [0.1, 0.15) is 11.8 Å². The summed E-state index contributed by atoms with van der Waals surface area (Å²) in [4.78, 5) is 28.6. The minimum Gasteiger partial charge on any atom is -0.467 e. The number of fused-ring (bicyclic) bond motifs is 1. The molecular formula is C16H15N3O4. The van der Waals surface area contributed by atoms with E-state index in [1.54, 1.807) is 36.4 Å². The number of benzene rings is 1. The maximum absolute atomic E-state index is 12.3. The number of hydrogen-bond acceptors (Lipinski definition) is 5. The minimum absolute atomic E-state index is 0.187. The van der Waals surface area contributed by atoms with Crippen molar-refractivity contribution in [3.05, 3.63) is 65.1 Å². The molecule has 1 atom stereocenters. The molecule has 0 spiro atoms. The number of aliphatic hydroxyl groups is 1. The van der Waals surface area contributed by atoms with Gasteiger partial charge < -0.3 is 14.8 Å². The zero-order chi connectivity index (χ0) is 16.2. The molecule has 3 aromatic rings. The van der Waals surface area contributed by atoms with Crippen molar-refractivity contribution in [3.8, 4) is 0 Å². The van der Waals surface area contributed by atoms with Crippen LogP contribution >= 0.6 is 0 Å². The lowest BCUT2D eigenvalue weighted by molar-refractivity contribution is -0.123. The van der Waals surface area contributed by atoms with Crippen LogP contribution in [0.4, 0.5) is 0 Å². The number of carbonyl (C=O) groups excluding carboxylic acids is 1. The molecule has 0 fully saturated rings. The van der Waals surface area contributed by atoms with E-state index in [4.69, 9.17) is 4.42 Å². The molecule has 3 rings (SSSR count). The lowest BCUT2D eigenvalue weighted by Crippen LogP contribution is -2.36. The first-order valence-electron chi connectivity index (χ1n) is 7.07. The average molecular weight is 313 g/mol. The molecule has 1 unspecified atom stereocenters. The Morgan fingerprint density at radius 2 is 2.13 bits per heavy atom. The number of nitrogens with zero attached hydrogens (tertiary/aromatic N) is 2. The number of para-hydroxylation sites is 1. The van der Waals surface area contributed by atoms with Gasteiger partial charge in [-0.3, -0.25) is 14.2 Å². The van der Waals surface area contributed by atoms with Gasteiger partial charge in [-0.15, -0.1) is 0 Å². The highest BCUT2D eigenvalue weighted by atomic mass is 16.3. The third-order valence-electron chi connectivity index (χ3n) is 3.45. The Hall–Kier alpha value is -2.93. The predicted molar refractivity (Wildman–Crippen MR) is 82.7 cm³/mol. The van der Waals surface area contributed by atoms with Crippen molar-refractivity contribution < 1.29 is 14.3 Å². The summed E-state index contributed by atoms with van der Waals surface area (Å²) in [5, 5.41) is 12.4. The van der Waals surface area contributed by atoms with Crippen LogP contribution in [0, 0.1) is 0 Å². The molecule has 23 heavy (non-hydrogen) atoms. The second-order valence-corrected chi connectivity index (χ2v) is 5.01. The molecule has 2 aromatic heterocycles. The highest BCUT2D eigenvalue weighted by Crippen LogP contribution is 2.12. The number of aliphatic hydroxyl groups excluding tert-OH is 1. The number of hydrogen-bond donors (Lipinski definition) is 2. The van der Waals surface area contributed by atoms with E-state index in [2.05, 4.69) is 10.3 Å². The van der Waals surface area contributed by atoms with Crippen molar-refractivity contribution in [2.45, 2.75) is 12.6 Å². The second-order valence-electron chi connectivity index (χ2n) is 5.01. The van der Waals surface area contributed by atoms with E-state index in [1.807, 2.05) is 0 Å². The minimum atomic E-state index is -0.651. The van der Waals surface area contributed by atoms with Crippen LogP contribution in [-0.2, 0) is 11.3 Å². The molecule has 0 aliphatic heterocycles. The van der Waals surface area contributed by atoms with Gasteiger partial charge >= 0.3 is 0 Å². The van der Waals surface area contributed by atoms with E-state index in [0.717, 1.165) is 0 Å². The molecule has 0 aliphatic carbocycles. The topological polar surface area (TPSA) is 97.4 Å². The average Bonchev–Trinajstić information content (AvgIpc) is 3.10. The first kappa shape index (κ1) is 15.0. The quantitative estimate of drug-likeness (QED) is 0.727. The highest BCUT2D eigenvalue weighted by molar-refractivity contribution is 5.79. The van der Waals surface area contributed by atoms with E-state index in [9.17, 15) is 14.7 Å². The second kappa shape index (κ2) is 6.45. The molecule has 0 saturated carbocycles. The summed E-state index contributed by atoms with van der Waals surface area (Å²) in [7, 11) is 0. The van der Waals surface area contributed by atoms with Crippen LogP contribution in [-0.4, -0.2) is 27.2 Å². The van der Waals surface area contributed by atoms with E-state index < -0.39 is 11.9 Å². The Bertz CT molecular complexity index is 870. The molecule has 7 heteroatoms. The van der Waals surface area contributed by atoms with Crippen molar-refractivity contribution in [3.63, 3.8) is 0 Å². The van der Waals surface area contributed by atoms with E-state index in [1.165, 1.54) is 17.2 Å².